The molecule has 4 nitrogen and oxygen atoms in total. The molecule has 0 aliphatic heterocycles. The Morgan fingerprint density at radius 2 is 1.85 bits per heavy atom. The summed E-state index contributed by atoms with van der Waals surface area (Å²) >= 11 is 0. The molecule has 0 radical (unpaired) electrons. The van der Waals surface area contributed by atoms with E-state index in [1.807, 2.05) is 26.8 Å². The van der Waals surface area contributed by atoms with E-state index in [1.54, 1.807) is 6.92 Å². The van der Waals surface area contributed by atoms with Crippen molar-refractivity contribution < 1.29 is 19.1 Å². The molecule has 1 N–H and O–H groups in total. The average molecular weight is 274 g/mol. The van der Waals surface area contributed by atoms with Gasteiger partial charge in [-0.25, -0.2) is 4.79 Å². The number of furan rings is 1. The minimum Gasteiger partial charge on any atom is -0.485 e. The van der Waals surface area contributed by atoms with E-state index in [0.717, 1.165) is 22.4 Å². The third kappa shape index (κ3) is 2.69. The second-order valence-corrected chi connectivity index (χ2v) is 4.93. The van der Waals surface area contributed by atoms with Crippen LogP contribution >= 0.6 is 0 Å². The lowest BCUT2D eigenvalue weighted by Gasteiger charge is -2.12. The van der Waals surface area contributed by atoms with Crippen molar-refractivity contribution in [1.29, 1.82) is 0 Å². The van der Waals surface area contributed by atoms with Crippen molar-refractivity contribution in [2.75, 3.05) is 0 Å². The van der Waals surface area contributed by atoms with Crippen LogP contribution in [0.2, 0.25) is 0 Å². The molecule has 0 aliphatic carbocycles. The number of hydrogen-bond acceptors (Lipinski definition) is 3. The van der Waals surface area contributed by atoms with Crippen molar-refractivity contribution in [3.05, 3.63) is 52.0 Å². The van der Waals surface area contributed by atoms with Crippen LogP contribution in [0.5, 0.6) is 5.75 Å². The predicted molar refractivity (Wildman–Crippen MR) is 75.4 cm³/mol. The quantitative estimate of drug-likeness (QED) is 0.921. The standard InChI is InChI=1S/C16H18O4/c1-9-5-6-10(2)15(11(9)3)19-8-13-7-14(16(17)18)12(4)20-13/h5-7H,8H2,1-4H3,(H,17,18). The van der Waals surface area contributed by atoms with E-state index < -0.39 is 5.97 Å². The monoisotopic (exact) mass is 274 g/mol. The van der Waals surface area contributed by atoms with E-state index in [4.69, 9.17) is 14.3 Å². The zero-order valence-electron chi connectivity index (χ0n) is 12.1. The molecule has 0 aliphatic rings. The van der Waals surface area contributed by atoms with Gasteiger partial charge in [-0.3, -0.25) is 0 Å². The number of aromatic carboxylic acids is 1. The summed E-state index contributed by atoms with van der Waals surface area (Å²) < 4.78 is 11.2. The summed E-state index contributed by atoms with van der Waals surface area (Å²) in [6.07, 6.45) is 0. The maximum atomic E-state index is 11.0. The highest BCUT2D eigenvalue weighted by molar-refractivity contribution is 5.88. The molecule has 0 fully saturated rings. The van der Waals surface area contributed by atoms with Gasteiger partial charge in [0.25, 0.3) is 0 Å². The van der Waals surface area contributed by atoms with Gasteiger partial charge in [0.15, 0.2) is 0 Å². The predicted octanol–water partition coefficient (Wildman–Crippen LogP) is 3.79. The summed E-state index contributed by atoms with van der Waals surface area (Å²) in [4.78, 5) is 11.0. The molecular formula is C16H18O4. The minimum absolute atomic E-state index is 0.182. The first-order valence-electron chi connectivity index (χ1n) is 6.42. The van der Waals surface area contributed by atoms with E-state index in [-0.39, 0.29) is 12.2 Å². The average Bonchev–Trinajstić information content (AvgIpc) is 2.75. The van der Waals surface area contributed by atoms with Gasteiger partial charge in [0.1, 0.15) is 29.4 Å². The van der Waals surface area contributed by atoms with Crippen LogP contribution in [-0.4, -0.2) is 11.1 Å². The third-order valence-corrected chi connectivity index (χ3v) is 3.43. The topological polar surface area (TPSA) is 59.7 Å². The van der Waals surface area contributed by atoms with Crippen molar-refractivity contribution in [3.63, 3.8) is 0 Å². The number of ether oxygens (including phenoxy) is 1. The van der Waals surface area contributed by atoms with Crippen molar-refractivity contribution in [3.8, 4) is 5.75 Å². The Labute approximate surface area is 118 Å². The number of rotatable bonds is 4. The lowest BCUT2D eigenvalue weighted by Crippen LogP contribution is -1.99. The summed E-state index contributed by atoms with van der Waals surface area (Å²) in [5, 5.41) is 8.99. The second-order valence-electron chi connectivity index (χ2n) is 4.93. The van der Waals surface area contributed by atoms with E-state index in [0.29, 0.717) is 11.5 Å². The molecular weight excluding hydrogens is 256 g/mol. The van der Waals surface area contributed by atoms with Gasteiger partial charge in [0.2, 0.25) is 0 Å². The molecule has 0 unspecified atom stereocenters. The van der Waals surface area contributed by atoms with E-state index >= 15 is 0 Å². The molecule has 2 aromatic rings. The Bertz CT molecular complexity index is 653. The zero-order valence-corrected chi connectivity index (χ0v) is 12.1. The highest BCUT2D eigenvalue weighted by Crippen LogP contribution is 2.27. The van der Waals surface area contributed by atoms with Crippen LogP contribution in [0.3, 0.4) is 0 Å². The van der Waals surface area contributed by atoms with Gasteiger partial charge < -0.3 is 14.3 Å². The first-order valence-corrected chi connectivity index (χ1v) is 6.42. The van der Waals surface area contributed by atoms with Gasteiger partial charge in [-0.2, -0.15) is 0 Å². The van der Waals surface area contributed by atoms with Crippen LogP contribution in [0.15, 0.2) is 22.6 Å². The summed E-state index contributed by atoms with van der Waals surface area (Å²) in [5.41, 5.74) is 3.48. The molecule has 106 valence electrons. The van der Waals surface area contributed by atoms with Gasteiger partial charge in [-0.15, -0.1) is 0 Å². The van der Waals surface area contributed by atoms with Crippen molar-refractivity contribution >= 4 is 5.97 Å². The summed E-state index contributed by atoms with van der Waals surface area (Å²) in [6.45, 7) is 7.88. The first kappa shape index (κ1) is 14.2. The van der Waals surface area contributed by atoms with Gasteiger partial charge in [0, 0.05) is 0 Å². The molecule has 2 rings (SSSR count). The molecule has 0 spiro atoms. The highest BCUT2D eigenvalue weighted by atomic mass is 16.5. The fourth-order valence-corrected chi connectivity index (χ4v) is 2.12. The Morgan fingerprint density at radius 1 is 1.20 bits per heavy atom. The SMILES string of the molecule is Cc1ccc(C)c(OCc2cc(C(=O)O)c(C)o2)c1C. The van der Waals surface area contributed by atoms with Crippen molar-refractivity contribution in [2.24, 2.45) is 0 Å². The Hall–Kier alpha value is -2.23. The van der Waals surface area contributed by atoms with E-state index in [1.165, 1.54) is 6.07 Å². The lowest BCUT2D eigenvalue weighted by atomic mass is 10.1. The highest BCUT2D eigenvalue weighted by Gasteiger charge is 2.14. The number of carboxylic acid groups (broad SMARTS) is 1. The molecule has 0 saturated heterocycles. The fraction of sp³-hybridized carbons (Fsp3) is 0.312. The van der Waals surface area contributed by atoms with Crippen LogP contribution in [0.1, 0.15) is 38.6 Å². The lowest BCUT2D eigenvalue weighted by molar-refractivity contribution is 0.0695. The largest absolute Gasteiger partial charge is 0.485 e. The maximum Gasteiger partial charge on any atom is 0.339 e. The maximum absolute atomic E-state index is 11.0. The van der Waals surface area contributed by atoms with Gasteiger partial charge in [-0.05, 0) is 50.5 Å². The number of hydrogen-bond donors (Lipinski definition) is 1. The molecule has 1 heterocycles. The molecule has 0 amide bonds. The van der Waals surface area contributed by atoms with Crippen LogP contribution in [-0.2, 0) is 6.61 Å². The summed E-state index contributed by atoms with van der Waals surface area (Å²) in [7, 11) is 0. The van der Waals surface area contributed by atoms with E-state index in [2.05, 4.69) is 6.07 Å². The van der Waals surface area contributed by atoms with E-state index in [9.17, 15) is 4.79 Å². The number of benzene rings is 1. The van der Waals surface area contributed by atoms with Crippen LogP contribution in [0.4, 0.5) is 0 Å². The zero-order chi connectivity index (χ0) is 14.9. The molecule has 0 atom stereocenters. The summed E-state index contributed by atoms with van der Waals surface area (Å²) in [6, 6.07) is 5.57. The third-order valence-electron chi connectivity index (χ3n) is 3.43. The smallest absolute Gasteiger partial charge is 0.339 e. The van der Waals surface area contributed by atoms with Crippen LogP contribution in [0.25, 0.3) is 0 Å². The number of carboxylic acids is 1. The molecule has 0 bridgehead atoms. The molecule has 0 saturated carbocycles. The van der Waals surface area contributed by atoms with Crippen molar-refractivity contribution in [2.45, 2.75) is 34.3 Å². The number of aryl methyl sites for hydroxylation is 3. The van der Waals surface area contributed by atoms with Crippen LogP contribution in [0, 0.1) is 27.7 Å². The van der Waals surface area contributed by atoms with Crippen molar-refractivity contribution in [1.82, 2.24) is 0 Å². The van der Waals surface area contributed by atoms with Crippen LogP contribution < -0.4 is 4.74 Å². The normalized spacial score (nSPS) is 10.6. The second kappa shape index (κ2) is 5.41. The van der Waals surface area contributed by atoms with Gasteiger partial charge in [-0.1, -0.05) is 12.1 Å². The molecule has 20 heavy (non-hydrogen) atoms. The fourth-order valence-electron chi connectivity index (χ4n) is 2.12. The molecule has 1 aromatic heterocycles. The summed E-state index contributed by atoms with van der Waals surface area (Å²) in [5.74, 6) is 0.755. The molecule has 4 heteroatoms. The molecule has 1 aromatic carbocycles. The Balaban J connectivity index is 2.19. The van der Waals surface area contributed by atoms with Gasteiger partial charge in [0.05, 0.1) is 0 Å². The van der Waals surface area contributed by atoms with Gasteiger partial charge >= 0.3 is 5.97 Å². The Kier molecular flexibility index (Phi) is 3.84. The Morgan fingerprint density at radius 3 is 2.45 bits per heavy atom. The first-order chi connectivity index (χ1) is 9.40. The minimum atomic E-state index is -0.986. The number of carbonyl (C=O) groups is 1.